The first-order chi connectivity index (χ1) is 15.4. The van der Waals surface area contributed by atoms with E-state index >= 15 is 0 Å². The minimum Gasteiger partial charge on any atom is -0.497 e. The van der Waals surface area contributed by atoms with Crippen molar-refractivity contribution in [3.63, 3.8) is 0 Å². The average molecular weight is 453 g/mol. The summed E-state index contributed by atoms with van der Waals surface area (Å²) in [7, 11) is 5.11. The van der Waals surface area contributed by atoms with E-state index in [1.807, 2.05) is 48.9 Å². The van der Waals surface area contributed by atoms with Gasteiger partial charge in [-0.3, -0.25) is 14.2 Å². The summed E-state index contributed by atoms with van der Waals surface area (Å²) in [5.74, 6) is 1.19. The van der Waals surface area contributed by atoms with Gasteiger partial charge in [-0.15, -0.1) is 0 Å². The number of carbonyl (C=O) groups is 1. The van der Waals surface area contributed by atoms with E-state index in [-0.39, 0.29) is 17.2 Å². The number of aromatic nitrogens is 3. The Labute approximate surface area is 189 Å². The molecule has 9 heteroatoms. The molecule has 0 saturated heterocycles. The van der Waals surface area contributed by atoms with E-state index in [1.54, 1.807) is 26.3 Å². The Hall–Kier alpha value is -3.46. The first kappa shape index (κ1) is 21.8. The predicted octanol–water partition coefficient (Wildman–Crippen LogP) is 3.56. The summed E-state index contributed by atoms with van der Waals surface area (Å²) in [5, 5.41) is 4.16. The van der Waals surface area contributed by atoms with Crippen molar-refractivity contribution in [3.05, 3.63) is 52.8 Å². The third-order valence-corrected chi connectivity index (χ3v) is 6.20. The van der Waals surface area contributed by atoms with E-state index < -0.39 is 0 Å². The highest BCUT2D eigenvalue weighted by Crippen LogP contribution is 2.30. The van der Waals surface area contributed by atoms with Crippen molar-refractivity contribution >= 4 is 45.3 Å². The first-order valence-corrected chi connectivity index (χ1v) is 11.1. The molecular weight excluding hydrogens is 428 g/mol. The van der Waals surface area contributed by atoms with E-state index in [2.05, 4.69) is 5.32 Å². The zero-order chi connectivity index (χ0) is 22.8. The number of fused-ring (bicyclic) bond motifs is 3. The van der Waals surface area contributed by atoms with Crippen LogP contribution >= 0.6 is 11.8 Å². The average Bonchev–Trinajstić information content (AvgIpc) is 3.07. The van der Waals surface area contributed by atoms with Crippen LogP contribution in [0.2, 0.25) is 0 Å². The van der Waals surface area contributed by atoms with Crippen molar-refractivity contribution in [2.75, 3.05) is 24.8 Å². The SMILES string of the molecule is CCOc1ccccc1NC(=O)CSc1nc2c3cc(OC)ccc3n(C)c2c(=O)n1C. The molecule has 0 aliphatic rings. The van der Waals surface area contributed by atoms with Gasteiger partial charge in [-0.2, -0.15) is 0 Å². The van der Waals surface area contributed by atoms with E-state index in [1.165, 1.54) is 16.3 Å². The maximum absolute atomic E-state index is 13.1. The number of hydrogen-bond donors (Lipinski definition) is 1. The van der Waals surface area contributed by atoms with Crippen molar-refractivity contribution < 1.29 is 14.3 Å². The summed E-state index contributed by atoms with van der Waals surface area (Å²) in [5.41, 5.74) is 2.43. The molecule has 0 aliphatic carbocycles. The molecule has 1 amide bonds. The molecule has 0 saturated carbocycles. The number of ether oxygens (including phenoxy) is 2. The molecule has 2 aromatic carbocycles. The van der Waals surface area contributed by atoms with Gasteiger partial charge < -0.3 is 19.4 Å². The standard InChI is InChI=1S/C23H24N4O4S/c1-5-31-18-9-7-6-8-16(18)24-19(28)13-32-23-25-20-15-12-14(30-4)10-11-17(15)26(2)21(20)22(29)27(23)3/h6-12H,5,13H2,1-4H3,(H,24,28). The zero-order valence-corrected chi connectivity index (χ0v) is 19.2. The van der Waals surface area contributed by atoms with Crippen LogP contribution in [0, 0.1) is 0 Å². The minimum absolute atomic E-state index is 0.0976. The second-order valence-electron chi connectivity index (χ2n) is 7.16. The van der Waals surface area contributed by atoms with Gasteiger partial charge in [-0.1, -0.05) is 23.9 Å². The van der Waals surface area contributed by atoms with Crippen LogP contribution in [-0.2, 0) is 18.9 Å². The Morgan fingerprint density at radius 1 is 1.16 bits per heavy atom. The second-order valence-corrected chi connectivity index (χ2v) is 8.11. The Balaban J connectivity index is 1.64. The van der Waals surface area contributed by atoms with Crippen molar-refractivity contribution in [3.8, 4) is 11.5 Å². The molecule has 8 nitrogen and oxygen atoms in total. The lowest BCUT2D eigenvalue weighted by Gasteiger charge is -2.11. The van der Waals surface area contributed by atoms with Crippen LogP contribution in [0.5, 0.6) is 11.5 Å². The molecule has 0 aliphatic heterocycles. The fourth-order valence-corrected chi connectivity index (χ4v) is 4.37. The Morgan fingerprint density at radius 2 is 1.94 bits per heavy atom. The van der Waals surface area contributed by atoms with E-state index in [0.717, 1.165) is 10.9 Å². The van der Waals surface area contributed by atoms with E-state index in [4.69, 9.17) is 14.5 Å². The number of nitrogens with one attached hydrogen (secondary N) is 1. The van der Waals surface area contributed by atoms with Gasteiger partial charge in [0.25, 0.3) is 5.56 Å². The highest BCUT2D eigenvalue weighted by Gasteiger charge is 2.18. The summed E-state index contributed by atoms with van der Waals surface area (Å²) < 4.78 is 14.2. The Morgan fingerprint density at radius 3 is 2.69 bits per heavy atom. The normalized spacial score (nSPS) is 11.1. The number of anilines is 1. The summed E-state index contributed by atoms with van der Waals surface area (Å²) in [4.78, 5) is 30.4. The molecule has 1 N–H and O–H groups in total. The number of carbonyl (C=O) groups excluding carboxylic acids is 1. The number of thioether (sulfide) groups is 1. The maximum atomic E-state index is 13.1. The molecule has 0 spiro atoms. The Kier molecular flexibility index (Phi) is 6.09. The van der Waals surface area contributed by atoms with Gasteiger partial charge in [-0.05, 0) is 37.3 Å². The van der Waals surface area contributed by atoms with Crippen LogP contribution in [0.4, 0.5) is 5.69 Å². The minimum atomic E-state index is -0.212. The summed E-state index contributed by atoms with van der Waals surface area (Å²) >= 11 is 1.21. The molecule has 2 aromatic heterocycles. The van der Waals surface area contributed by atoms with Gasteiger partial charge in [0.05, 0.1) is 30.7 Å². The van der Waals surface area contributed by atoms with Crippen LogP contribution in [0.25, 0.3) is 21.9 Å². The van der Waals surface area contributed by atoms with Gasteiger partial charge in [0.2, 0.25) is 5.91 Å². The van der Waals surface area contributed by atoms with Crippen LogP contribution < -0.4 is 20.3 Å². The van der Waals surface area contributed by atoms with Gasteiger partial charge in [0, 0.05) is 19.5 Å². The molecule has 0 bridgehead atoms. The second kappa shape index (κ2) is 8.96. The maximum Gasteiger partial charge on any atom is 0.278 e. The number of para-hydroxylation sites is 2. The van der Waals surface area contributed by atoms with Crippen LogP contribution in [-0.4, -0.2) is 39.5 Å². The molecule has 0 radical (unpaired) electrons. The topological polar surface area (TPSA) is 87.4 Å². The number of rotatable bonds is 7. The highest BCUT2D eigenvalue weighted by molar-refractivity contribution is 7.99. The molecule has 4 aromatic rings. The van der Waals surface area contributed by atoms with Crippen LogP contribution in [0.1, 0.15) is 6.92 Å². The highest BCUT2D eigenvalue weighted by atomic mass is 32.2. The van der Waals surface area contributed by atoms with Crippen molar-refractivity contribution in [1.29, 1.82) is 0 Å². The van der Waals surface area contributed by atoms with Crippen molar-refractivity contribution in [2.24, 2.45) is 14.1 Å². The summed E-state index contributed by atoms with van der Waals surface area (Å²) in [6.07, 6.45) is 0. The number of methoxy groups -OCH3 is 1. The molecule has 4 rings (SSSR count). The molecule has 0 atom stereocenters. The molecular formula is C23H24N4O4S. The Bertz CT molecular complexity index is 1380. The lowest BCUT2D eigenvalue weighted by atomic mass is 10.2. The lowest BCUT2D eigenvalue weighted by Crippen LogP contribution is -2.22. The number of benzene rings is 2. The quantitative estimate of drug-likeness (QED) is 0.341. The summed E-state index contributed by atoms with van der Waals surface area (Å²) in [6, 6.07) is 12.9. The predicted molar refractivity (Wildman–Crippen MR) is 127 cm³/mol. The van der Waals surface area contributed by atoms with E-state index in [9.17, 15) is 9.59 Å². The van der Waals surface area contributed by atoms with Gasteiger partial charge in [-0.25, -0.2) is 4.98 Å². The monoisotopic (exact) mass is 452 g/mol. The zero-order valence-electron chi connectivity index (χ0n) is 18.3. The fourth-order valence-electron chi connectivity index (χ4n) is 3.60. The molecule has 0 unspecified atom stereocenters. The largest absolute Gasteiger partial charge is 0.497 e. The summed E-state index contributed by atoms with van der Waals surface area (Å²) in [6.45, 7) is 2.39. The molecule has 32 heavy (non-hydrogen) atoms. The lowest BCUT2D eigenvalue weighted by molar-refractivity contribution is -0.113. The third-order valence-electron chi connectivity index (χ3n) is 5.17. The molecule has 0 fully saturated rings. The fraction of sp³-hybridized carbons (Fsp3) is 0.261. The van der Waals surface area contributed by atoms with Crippen LogP contribution in [0.3, 0.4) is 0 Å². The third kappa shape index (κ3) is 3.91. The first-order valence-electron chi connectivity index (χ1n) is 10.1. The van der Waals surface area contributed by atoms with Gasteiger partial charge >= 0.3 is 0 Å². The number of hydrogen-bond acceptors (Lipinski definition) is 6. The smallest absolute Gasteiger partial charge is 0.278 e. The van der Waals surface area contributed by atoms with Crippen molar-refractivity contribution in [1.82, 2.24) is 14.1 Å². The molecule has 166 valence electrons. The number of aryl methyl sites for hydroxylation is 1. The van der Waals surface area contributed by atoms with Gasteiger partial charge in [0.15, 0.2) is 5.16 Å². The molecule has 2 heterocycles. The number of nitrogens with zero attached hydrogens (tertiary/aromatic N) is 3. The van der Waals surface area contributed by atoms with Gasteiger partial charge in [0.1, 0.15) is 22.5 Å². The van der Waals surface area contributed by atoms with Crippen molar-refractivity contribution in [2.45, 2.75) is 12.1 Å². The number of amides is 1. The van der Waals surface area contributed by atoms with E-state index in [0.29, 0.717) is 40.0 Å². The van der Waals surface area contributed by atoms with Crippen LogP contribution in [0.15, 0.2) is 52.4 Å².